The number of anilines is 2. The number of halogens is 1. The third kappa shape index (κ3) is 3.78. The molecule has 1 amide bonds. The predicted octanol–water partition coefficient (Wildman–Crippen LogP) is 3.19. The molecule has 0 spiro atoms. The molecule has 1 heterocycles. The molecule has 1 aromatic rings. The summed E-state index contributed by atoms with van der Waals surface area (Å²) in [6, 6.07) is 5.10. The Bertz CT molecular complexity index is 638. The summed E-state index contributed by atoms with van der Waals surface area (Å²) in [5, 5.41) is 0. The first kappa shape index (κ1) is 17.0. The maximum Gasteiger partial charge on any atom is 0.254 e. The number of hydrogen-bond acceptors (Lipinski definition) is 3. The Hall–Kier alpha value is -1.88. The number of rotatable bonds is 6. The molecule has 0 unspecified atom stereocenters. The zero-order valence-corrected chi connectivity index (χ0v) is 14.3. The van der Waals surface area contributed by atoms with E-state index in [9.17, 15) is 9.18 Å². The first-order valence-electron chi connectivity index (χ1n) is 8.59. The van der Waals surface area contributed by atoms with E-state index in [1.165, 1.54) is 6.07 Å². The molecule has 3 rings (SSSR count). The number of amides is 1. The number of carbonyl (C=O) groups is 1. The third-order valence-electron chi connectivity index (χ3n) is 4.61. The number of ether oxygens (including phenoxy) is 1. The Morgan fingerprint density at radius 2 is 2.08 bits per heavy atom. The van der Waals surface area contributed by atoms with Crippen LogP contribution >= 0.6 is 0 Å². The van der Waals surface area contributed by atoms with Crippen molar-refractivity contribution in [3.05, 3.63) is 42.1 Å². The van der Waals surface area contributed by atoms with E-state index >= 15 is 0 Å². The maximum atomic E-state index is 14.7. The number of nitrogens with zero attached hydrogens (tertiary/aromatic N) is 2. The second-order valence-corrected chi connectivity index (χ2v) is 6.45. The standard InChI is InChI=1S/C19H24FN2O2/c1-3-14(2)13-22(19(23)15-4-5-15)16-6-7-18(17(20)12-16)21-8-10-24-11-9-21/h4-7,12,14H,3,8-11,13H2,1-2H3/t14-/m0/s1. The first-order chi connectivity index (χ1) is 11.6. The van der Waals surface area contributed by atoms with Crippen molar-refractivity contribution in [3.8, 4) is 0 Å². The molecule has 0 saturated carbocycles. The van der Waals surface area contributed by atoms with Gasteiger partial charge in [0, 0.05) is 37.3 Å². The van der Waals surface area contributed by atoms with E-state index in [1.807, 2.05) is 11.0 Å². The molecule has 1 fully saturated rings. The molecule has 1 atom stereocenters. The van der Waals surface area contributed by atoms with Crippen LogP contribution in [-0.2, 0) is 9.53 Å². The number of morpholine rings is 1. The summed E-state index contributed by atoms with van der Waals surface area (Å²) in [7, 11) is 0. The second-order valence-electron chi connectivity index (χ2n) is 6.45. The second kappa shape index (κ2) is 7.34. The summed E-state index contributed by atoms with van der Waals surface area (Å²) in [5.41, 5.74) is 1.90. The van der Waals surface area contributed by atoms with Gasteiger partial charge in [-0.3, -0.25) is 4.79 Å². The summed E-state index contributed by atoms with van der Waals surface area (Å²) in [6.07, 6.45) is 4.57. The number of carbonyl (C=O) groups excluding carboxylic acids is 1. The molecule has 1 aliphatic carbocycles. The normalized spacial score (nSPS) is 18.1. The van der Waals surface area contributed by atoms with Crippen molar-refractivity contribution in [1.29, 1.82) is 0 Å². The van der Waals surface area contributed by atoms with Crippen LogP contribution in [0.2, 0.25) is 0 Å². The average molecular weight is 331 g/mol. The summed E-state index contributed by atoms with van der Waals surface area (Å²) in [4.78, 5) is 16.2. The van der Waals surface area contributed by atoms with Gasteiger partial charge in [0.05, 0.1) is 18.9 Å². The van der Waals surface area contributed by atoms with Gasteiger partial charge in [-0.25, -0.2) is 4.39 Å². The summed E-state index contributed by atoms with van der Waals surface area (Å²) in [6.45, 7) is 7.40. The van der Waals surface area contributed by atoms with E-state index in [0.29, 0.717) is 55.7 Å². The quantitative estimate of drug-likeness (QED) is 0.802. The van der Waals surface area contributed by atoms with Crippen molar-refractivity contribution in [1.82, 2.24) is 0 Å². The lowest BCUT2D eigenvalue weighted by molar-refractivity contribution is -0.114. The number of benzene rings is 1. The van der Waals surface area contributed by atoms with Gasteiger partial charge in [0.25, 0.3) is 5.91 Å². The Kier molecular flexibility index (Phi) is 5.19. The van der Waals surface area contributed by atoms with Crippen LogP contribution in [-0.4, -0.2) is 38.8 Å². The van der Waals surface area contributed by atoms with E-state index < -0.39 is 0 Å². The van der Waals surface area contributed by atoms with Gasteiger partial charge in [0.1, 0.15) is 5.82 Å². The Morgan fingerprint density at radius 3 is 2.67 bits per heavy atom. The van der Waals surface area contributed by atoms with Crippen LogP contribution in [0.25, 0.3) is 0 Å². The molecule has 0 aromatic heterocycles. The van der Waals surface area contributed by atoms with E-state index in [1.54, 1.807) is 23.5 Å². The Balaban J connectivity index is 1.83. The zero-order valence-electron chi connectivity index (χ0n) is 14.3. The van der Waals surface area contributed by atoms with Crippen LogP contribution in [0.1, 0.15) is 20.3 Å². The molecule has 5 heteroatoms. The van der Waals surface area contributed by atoms with Crippen molar-refractivity contribution in [2.24, 2.45) is 5.92 Å². The molecule has 0 N–H and O–H groups in total. The first-order valence-corrected chi connectivity index (χ1v) is 8.59. The van der Waals surface area contributed by atoms with Crippen molar-refractivity contribution in [2.45, 2.75) is 20.3 Å². The van der Waals surface area contributed by atoms with Crippen molar-refractivity contribution in [2.75, 3.05) is 42.6 Å². The summed E-state index contributed by atoms with van der Waals surface area (Å²) in [5.74, 6) is 0.0224. The van der Waals surface area contributed by atoms with Gasteiger partial charge in [0.15, 0.2) is 0 Å². The zero-order chi connectivity index (χ0) is 17.1. The van der Waals surface area contributed by atoms with E-state index in [2.05, 4.69) is 13.8 Å². The van der Waals surface area contributed by atoms with Gasteiger partial charge in [-0.2, -0.15) is 0 Å². The number of allylic oxidation sites excluding steroid dienone is 1. The fourth-order valence-corrected chi connectivity index (χ4v) is 2.81. The molecule has 1 saturated heterocycles. The molecule has 0 bridgehead atoms. The van der Waals surface area contributed by atoms with Gasteiger partial charge in [0.2, 0.25) is 0 Å². The van der Waals surface area contributed by atoms with Gasteiger partial charge < -0.3 is 14.5 Å². The minimum atomic E-state index is -0.287. The van der Waals surface area contributed by atoms with Crippen LogP contribution in [0.15, 0.2) is 29.8 Å². The summed E-state index contributed by atoms with van der Waals surface area (Å²) >= 11 is 0. The SMILES string of the molecule is CC[C@H](C)CN(C(=O)C1=C[CH]1)c1ccc(N2CCOCC2)c(F)c1. The lowest BCUT2D eigenvalue weighted by atomic mass is 10.1. The Labute approximate surface area is 142 Å². The third-order valence-corrected chi connectivity index (χ3v) is 4.61. The predicted molar refractivity (Wildman–Crippen MR) is 93.6 cm³/mol. The molecule has 4 nitrogen and oxygen atoms in total. The highest BCUT2D eigenvalue weighted by Gasteiger charge is 2.27. The van der Waals surface area contributed by atoms with Gasteiger partial charge >= 0.3 is 0 Å². The van der Waals surface area contributed by atoms with Crippen LogP contribution in [0.3, 0.4) is 0 Å². The van der Waals surface area contributed by atoms with Crippen molar-refractivity contribution < 1.29 is 13.9 Å². The van der Waals surface area contributed by atoms with Crippen molar-refractivity contribution in [3.63, 3.8) is 0 Å². The van der Waals surface area contributed by atoms with E-state index in [4.69, 9.17) is 4.74 Å². The highest BCUT2D eigenvalue weighted by molar-refractivity contribution is 6.11. The minimum Gasteiger partial charge on any atom is -0.378 e. The molecule has 2 aliphatic rings. The average Bonchev–Trinajstić information content (AvgIpc) is 3.44. The van der Waals surface area contributed by atoms with Crippen molar-refractivity contribution >= 4 is 17.3 Å². The van der Waals surface area contributed by atoms with E-state index in [-0.39, 0.29) is 11.7 Å². The molecule has 1 aliphatic heterocycles. The maximum absolute atomic E-state index is 14.7. The van der Waals surface area contributed by atoms with E-state index in [0.717, 1.165) is 6.42 Å². The van der Waals surface area contributed by atoms with Gasteiger partial charge in [-0.15, -0.1) is 0 Å². The molecular weight excluding hydrogens is 307 g/mol. The smallest absolute Gasteiger partial charge is 0.254 e. The topological polar surface area (TPSA) is 32.8 Å². The Morgan fingerprint density at radius 1 is 1.38 bits per heavy atom. The fourth-order valence-electron chi connectivity index (χ4n) is 2.81. The number of hydrogen-bond donors (Lipinski definition) is 0. The van der Waals surface area contributed by atoms with Crippen LogP contribution in [0.4, 0.5) is 15.8 Å². The fraction of sp³-hybridized carbons (Fsp3) is 0.474. The molecular formula is C19H24FN2O2. The van der Waals surface area contributed by atoms with Gasteiger partial charge in [-0.05, 0) is 24.1 Å². The lowest BCUT2D eigenvalue weighted by Gasteiger charge is -2.30. The molecule has 1 radical (unpaired) electrons. The lowest BCUT2D eigenvalue weighted by Crippen LogP contribution is -2.37. The molecule has 1 aromatic carbocycles. The monoisotopic (exact) mass is 331 g/mol. The van der Waals surface area contributed by atoms with Crippen LogP contribution < -0.4 is 9.80 Å². The molecule has 24 heavy (non-hydrogen) atoms. The van der Waals surface area contributed by atoms with Crippen LogP contribution in [0.5, 0.6) is 0 Å². The van der Waals surface area contributed by atoms with Crippen LogP contribution in [0, 0.1) is 18.2 Å². The highest BCUT2D eigenvalue weighted by atomic mass is 19.1. The molecule has 129 valence electrons. The van der Waals surface area contributed by atoms with Gasteiger partial charge in [-0.1, -0.05) is 26.3 Å². The minimum absolute atomic E-state index is 0.0474. The highest BCUT2D eigenvalue weighted by Crippen LogP contribution is 2.29. The largest absolute Gasteiger partial charge is 0.378 e. The summed E-state index contributed by atoms with van der Waals surface area (Å²) < 4.78 is 20.0.